The molecule has 5 aromatic heterocycles. The smallest absolute Gasteiger partial charge is 0.354 e. The van der Waals surface area contributed by atoms with Crippen molar-refractivity contribution in [2.75, 3.05) is 155 Å². The van der Waals surface area contributed by atoms with Crippen LogP contribution in [0.3, 0.4) is 0 Å². The second kappa shape index (κ2) is 44.9. The van der Waals surface area contributed by atoms with E-state index in [0.29, 0.717) is 11.4 Å². The van der Waals surface area contributed by atoms with E-state index in [4.69, 9.17) is 28.5 Å². The molecule has 0 fully saturated rings. The fraction of sp³-hybridized carbons (Fsp3) is 0.540. The van der Waals surface area contributed by atoms with E-state index >= 15 is 0 Å². The minimum Gasteiger partial charge on any atom is -0.354 e. The lowest BCUT2D eigenvalue weighted by molar-refractivity contribution is 0.254. The molecule has 600 valence electrons. The molecule has 43 nitrogen and oxygen atoms in total. The lowest BCUT2D eigenvalue weighted by Crippen LogP contribution is -2.29. The maximum Gasteiger partial charge on any atom is 0.399 e. The number of hydrogen-bond acceptors (Lipinski definition) is 43. The lowest BCUT2D eigenvalue weighted by atomic mass is 10.3. The van der Waals surface area contributed by atoms with E-state index in [1.54, 1.807) is 37.3 Å². The van der Waals surface area contributed by atoms with Gasteiger partial charge in [-0.2, -0.15) is 116 Å². The van der Waals surface area contributed by atoms with Crippen LogP contribution >= 0.6 is 23.2 Å². The third-order valence-electron chi connectivity index (χ3n) is 11.9. The minimum absolute atomic E-state index is 0.00316. The molecule has 6 aromatic rings. The molecule has 0 bridgehead atoms. The van der Waals surface area contributed by atoms with Gasteiger partial charge in [0.2, 0.25) is 29.1 Å². The fourth-order valence-electron chi connectivity index (χ4n) is 6.87. The molecule has 0 saturated carbocycles. The molecule has 57 heteroatoms. The number of sulfone groups is 4. The van der Waals surface area contributed by atoms with E-state index in [9.17, 15) is 84.9 Å². The van der Waals surface area contributed by atoms with E-state index < -0.39 is 155 Å². The van der Waals surface area contributed by atoms with Gasteiger partial charge in [-0.05, 0) is 64.8 Å². The average molecular weight is 1730 g/mol. The second-order valence-electron chi connectivity index (χ2n) is 20.0. The van der Waals surface area contributed by atoms with Gasteiger partial charge in [0.05, 0.1) is 107 Å². The van der Waals surface area contributed by atoms with Crippen LogP contribution in [-0.4, -0.2) is 271 Å². The van der Waals surface area contributed by atoms with Crippen LogP contribution in [0.2, 0.25) is 10.4 Å². The van der Waals surface area contributed by atoms with Gasteiger partial charge in [0.25, 0.3) is 0 Å². The van der Waals surface area contributed by atoms with Crippen LogP contribution in [0.15, 0.2) is 30.3 Å². The Bertz CT molecular complexity index is 4800. The molecule has 1 aromatic carbocycles. The SMILES string of the molecule is COS(=O)(=O)OCCS(=O)(=O)CCCNc1nc(C)nc(F)n1.COS(=O)(=O)OCCS(=O)(=O)CCN(C)c1nc(C)nc(F)n1.COS(=O)(=O)OCCS(=O)(=O)CCN(c1ccccc1)c1nc(C)nc(F)n1.COS(=O)(=O)OCCS(=O)(=O)CCNc1nc(C)nc(F)n1.Cc1nc(Cl)nc(Cl)c1C#N. The van der Waals surface area contributed by atoms with Gasteiger partial charge in [0.15, 0.2) is 44.5 Å². The van der Waals surface area contributed by atoms with Crippen molar-refractivity contribution in [2.24, 2.45) is 0 Å². The van der Waals surface area contributed by atoms with Gasteiger partial charge in [-0.3, -0.25) is 16.7 Å². The average Bonchev–Trinajstić information content (AvgIpc) is 0.829. The first kappa shape index (κ1) is 95.7. The fourth-order valence-corrected chi connectivity index (χ4v) is 13.5. The topological polar surface area (TPSA) is 582 Å². The Hall–Kier alpha value is -7.39. The highest BCUT2D eigenvalue weighted by atomic mass is 35.5. The third kappa shape index (κ3) is 41.1. The van der Waals surface area contributed by atoms with Gasteiger partial charge in [-0.1, -0.05) is 29.8 Å². The highest BCUT2D eigenvalue weighted by Gasteiger charge is 2.23. The molecule has 0 unspecified atom stereocenters. The van der Waals surface area contributed by atoms with Crippen molar-refractivity contribution in [1.29, 1.82) is 5.26 Å². The number of nitrogens with zero attached hydrogens (tertiary/aromatic N) is 17. The standard InChI is InChI=1S/C15H19FN4O6S2.2C10H17FN4O6S2.C9H15FN4O6S2.C6H3Cl2N3/c1-12-17-14(16)19-15(18-12)20(13-6-4-3-5-7-13)8-10-27(21,22)11-9-26-28(23,24)25-2;1-8-12-9(11)14-10(13-8)15(2)4-6-22(16,17)7-5-21-23(18,19)20-3;1-8-13-9(11)15-10(14-8)12-4-3-6-22(16,17)7-5-21-23(18,19)20-2;1-7-12-8(10)14-9(13-7)11-3-5-21(15,16)6-4-20-22(17,18)19-2;1-3-4(2-9)5(7)11-6(8)10-3/h3-7H,8-11H2,1-2H3;4-7H2,1-3H3;3-7H2,1-2H3,(H,12,13,14,15);3-6H2,1-2H3,(H,11,12,13,14);1H3. The summed E-state index contributed by atoms with van der Waals surface area (Å²) < 4.78 is 268. The number of aryl methyl sites for hydroxylation is 5. The van der Waals surface area contributed by atoms with Crippen molar-refractivity contribution in [3.8, 4) is 6.07 Å². The van der Waals surface area contributed by atoms with Gasteiger partial charge in [0, 0.05) is 38.9 Å². The quantitative estimate of drug-likeness (QED) is 0.0228. The molecule has 2 N–H and O–H groups in total. The van der Waals surface area contributed by atoms with E-state index in [1.807, 2.05) is 6.07 Å². The van der Waals surface area contributed by atoms with Gasteiger partial charge in [-0.15, -0.1) is 0 Å². The van der Waals surface area contributed by atoms with Gasteiger partial charge in [-0.25, -0.2) is 60.4 Å². The lowest BCUT2D eigenvalue weighted by Gasteiger charge is -2.22. The van der Waals surface area contributed by atoms with Gasteiger partial charge < -0.3 is 20.4 Å². The Labute approximate surface area is 624 Å². The normalized spacial score (nSPS) is 12.0. The first-order chi connectivity index (χ1) is 49.6. The van der Waals surface area contributed by atoms with Crippen LogP contribution in [0.4, 0.5) is 47.0 Å². The Morgan fingerprint density at radius 2 is 0.785 bits per heavy atom. The molecule has 0 amide bonds. The largest absolute Gasteiger partial charge is 0.399 e. The van der Waals surface area contributed by atoms with E-state index in [2.05, 4.69) is 114 Å². The van der Waals surface area contributed by atoms with Crippen LogP contribution in [0, 0.1) is 70.3 Å². The summed E-state index contributed by atoms with van der Waals surface area (Å²) in [6.07, 6.45) is -3.64. The molecular formula is C50H71Cl2F4N19O24S8. The summed E-state index contributed by atoms with van der Waals surface area (Å²) in [6.45, 7) is 5.36. The number of para-hydroxylation sites is 1. The molecule has 5 heterocycles. The van der Waals surface area contributed by atoms with Crippen LogP contribution in [0.25, 0.3) is 0 Å². The predicted octanol–water partition coefficient (Wildman–Crippen LogP) is 0.319. The van der Waals surface area contributed by atoms with Crippen molar-refractivity contribution in [3.63, 3.8) is 0 Å². The zero-order valence-corrected chi connectivity index (χ0v) is 65.9. The second-order valence-corrected chi connectivity index (χ2v) is 35.5. The Morgan fingerprint density at radius 1 is 0.430 bits per heavy atom. The van der Waals surface area contributed by atoms with Crippen molar-refractivity contribution in [2.45, 2.75) is 41.0 Å². The number of hydrogen-bond donors (Lipinski definition) is 2. The number of halogens is 6. The minimum atomic E-state index is -4.21. The molecule has 0 saturated heterocycles. The highest BCUT2D eigenvalue weighted by molar-refractivity contribution is 7.92. The first-order valence-corrected chi connectivity index (χ1v) is 42.7. The van der Waals surface area contributed by atoms with Crippen molar-refractivity contribution < 1.29 is 118 Å². The Kier molecular flexibility index (Phi) is 40.2. The zero-order chi connectivity index (χ0) is 81.2. The number of nitrogens with one attached hydrogen (secondary N) is 2. The van der Waals surface area contributed by atoms with E-state index in [1.165, 1.54) is 44.5 Å². The molecule has 0 spiro atoms. The predicted molar refractivity (Wildman–Crippen MR) is 370 cm³/mol. The van der Waals surface area contributed by atoms with Gasteiger partial charge >= 0.3 is 65.9 Å². The number of benzene rings is 1. The van der Waals surface area contributed by atoms with Gasteiger partial charge in [0.1, 0.15) is 34.9 Å². The highest BCUT2D eigenvalue weighted by Crippen LogP contribution is 2.22. The number of anilines is 5. The Morgan fingerprint density at radius 3 is 1.17 bits per heavy atom. The van der Waals surface area contributed by atoms with Crippen LogP contribution < -0.4 is 20.4 Å². The van der Waals surface area contributed by atoms with Crippen molar-refractivity contribution >= 4 is 134 Å². The molecule has 107 heavy (non-hydrogen) atoms. The molecule has 0 aliphatic heterocycles. The van der Waals surface area contributed by atoms with Crippen molar-refractivity contribution in [3.05, 3.63) is 99.6 Å². The van der Waals surface area contributed by atoms with Crippen molar-refractivity contribution in [1.82, 2.24) is 69.8 Å². The molecule has 0 aliphatic carbocycles. The summed E-state index contributed by atoms with van der Waals surface area (Å²) in [7, 11) is -26.0. The molecule has 0 atom stereocenters. The summed E-state index contributed by atoms with van der Waals surface area (Å²) in [5.74, 6) is -2.69. The Balaban J connectivity index is 0.000000464. The van der Waals surface area contributed by atoms with Crippen LogP contribution in [0.1, 0.15) is 41.0 Å². The van der Waals surface area contributed by atoms with Crippen LogP contribution in [-0.2, 0) is 114 Å². The molecule has 0 aliphatic rings. The number of aromatic nitrogens is 14. The number of nitriles is 1. The third-order valence-corrected chi connectivity index (χ3v) is 22.3. The van der Waals surface area contributed by atoms with E-state index in [0.717, 1.165) is 28.4 Å². The zero-order valence-electron chi connectivity index (χ0n) is 57.8. The maximum absolute atomic E-state index is 13.6. The first-order valence-electron chi connectivity index (χ1n) is 29.3. The summed E-state index contributed by atoms with van der Waals surface area (Å²) in [4.78, 5) is 53.1. The molecule has 0 radical (unpaired) electrons. The maximum atomic E-state index is 13.6. The van der Waals surface area contributed by atoms with E-state index in [-0.39, 0.29) is 119 Å². The summed E-state index contributed by atoms with van der Waals surface area (Å²) >= 11 is 11.0. The summed E-state index contributed by atoms with van der Waals surface area (Å²) in [6, 6.07) is 10.5. The van der Waals surface area contributed by atoms with Crippen LogP contribution in [0.5, 0.6) is 0 Å². The molecular weight excluding hydrogens is 1650 g/mol. The summed E-state index contributed by atoms with van der Waals surface area (Å²) in [5.41, 5.74) is 1.33. The number of rotatable bonds is 38. The summed E-state index contributed by atoms with van der Waals surface area (Å²) in [5, 5.41) is 13.9. The monoisotopic (exact) mass is 1720 g/mol. The molecule has 6 rings (SSSR count).